The number of unbranched alkanes of at least 4 members (excludes halogenated alkanes) is 1. The fourth-order valence-electron chi connectivity index (χ4n) is 3.87. The van der Waals surface area contributed by atoms with Gasteiger partial charge in [-0.05, 0) is 63.8 Å². The summed E-state index contributed by atoms with van der Waals surface area (Å²) in [6, 6.07) is 0.515. The van der Waals surface area contributed by atoms with E-state index in [9.17, 15) is 9.18 Å². The van der Waals surface area contributed by atoms with Gasteiger partial charge in [0.25, 0.3) is 0 Å². The normalized spacial score (nSPS) is 19.2. The minimum atomic E-state index is -0.136. The Labute approximate surface area is 188 Å². The van der Waals surface area contributed by atoms with Crippen molar-refractivity contribution >= 4 is 6.29 Å². The standard InChI is InChI=1S/C19H24FNO.C8H15N/c1-13(7-4-5-10-22)19(21-3)14(2)16-11-15-8-6-9-18(20)17(15)12-16;1-5-6-8(4)9-7(2)3/h6,8-12,14-15,21H,4-5,7H2,1-3H3;5-7,9H,1H2,2-4H3/b19-13+;8-6-/t14-,15?;/m1./s1. The van der Waals surface area contributed by atoms with Crippen LogP contribution in [-0.4, -0.2) is 19.4 Å². The number of carbonyl (C=O) groups excluding carboxylic acids is 1. The molecule has 0 bridgehead atoms. The Hall–Kier alpha value is -2.62. The van der Waals surface area contributed by atoms with Crippen molar-refractivity contribution in [2.24, 2.45) is 11.8 Å². The molecular formula is C27H39FN2O. The number of aldehydes is 1. The highest BCUT2D eigenvalue weighted by Crippen LogP contribution is 2.38. The molecule has 0 aromatic carbocycles. The van der Waals surface area contributed by atoms with E-state index in [0.29, 0.717) is 12.5 Å². The van der Waals surface area contributed by atoms with Gasteiger partial charge in [0, 0.05) is 42.7 Å². The Kier molecular flexibility index (Phi) is 11.6. The second-order valence-corrected chi connectivity index (χ2v) is 8.30. The fourth-order valence-corrected chi connectivity index (χ4v) is 3.87. The number of rotatable bonds is 10. The second kappa shape index (κ2) is 13.6. The van der Waals surface area contributed by atoms with Crippen LogP contribution >= 0.6 is 0 Å². The van der Waals surface area contributed by atoms with Crippen LogP contribution in [0.3, 0.4) is 0 Å². The summed E-state index contributed by atoms with van der Waals surface area (Å²) in [5, 5.41) is 6.53. The third-order valence-corrected chi connectivity index (χ3v) is 5.31. The average molecular weight is 427 g/mol. The monoisotopic (exact) mass is 426 g/mol. The van der Waals surface area contributed by atoms with Crippen LogP contribution in [0, 0.1) is 11.8 Å². The van der Waals surface area contributed by atoms with Crippen LogP contribution in [0.1, 0.15) is 53.9 Å². The summed E-state index contributed by atoms with van der Waals surface area (Å²) in [6.45, 7) is 14.1. The molecule has 170 valence electrons. The number of hydrogen-bond donors (Lipinski definition) is 2. The molecule has 3 nitrogen and oxygen atoms in total. The summed E-state index contributed by atoms with van der Waals surface area (Å²) >= 11 is 0. The SMILES string of the molecule is C=C/C=C(/C)NC(C)C.CN/C(=C(\C)CCCC=O)[C@H](C)C1=CC2C=CC=C(F)C2=C1. The molecule has 1 unspecified atom stereocenters. The molecular weight excluding hydrogens is 387 g/mol. The van der Waals surface area contributed by atoms with Crippen molar-refractivity contribution in [1.82, 2.24) is 10.6 Å². The Morgan fingerprint density at radius 2 is 2.00 bits per heavy atom. The van der Waals surface area contributed by atoms with E-state index in [2.05, 4.69) is 51.0 Å². The molecule has 0 aromatic heterocycles. The summed E-state index contributed by atoms with van der Waals surface area (Å²) in [5.74, 6) is 0.125. The third kappa shape index (κ3) is 8.56. The van der Waals surface area contributed by atoms with Gasteiger partial charge in [0.2, 0.25) is 0 Å². The fraction of sp³-hybridized carbons (Fsp3) is 0.444. The summed E-state index contributed by atoms with van der Waals surface area (Å²) in [6.07, 6.45) is 16.5. The largest absolute Gasteiger partial charge is 0.391 e. The van der Waals surface area contributed by atoms with Crippen LogP contribution in [0.15, 0.2) is 83.1 Å². The second-order valence-electron chi connectivity index (χ2n) is 8.30. The molecule has 0 radical (unpaired) electrons. The lowest BCUT2D eigenvalue weighted by Crippen LogP contribution is -2.19. The topological polar surface area (TPSA) is 41.1 Å². The number of nitrogens with one attached hydrogen (secondary N) is 2. The summed E-state index contributed by atoms with van der Waals surface area (Å²) in [4.78, 5) is 10.4. The first kappa shape index (κ1) is 26.4. The quantitative estimate of drug-likeness (QED) is 0.239. The van der Waals surface area contributed by atoms with E-state index >= 15 is 0 Å². The average Bonchev–Trinajstić information content (AvgIpc) is 3.14. The van der Waals surface area contributed by atoms with E-state index in [1.807, 2.05) is 32.2 Å². The van der Waals surface area contributed by atoms with Gasteiger partial charge in [-0.15, -0.1) is 0 Å². The highest BCUT2D eigenvalue weighted by atomic mass is 19.1. The van der Waals surface area contributed by atoms with Gasteiger partial charge in [0.15, 0.2) is 0 Å². The number of fused-ring (bicyclic) bond motifs is 1. The molecule has 2 aliphatic carbocycles. The van der Waals surface area contributed by atoms with Gasteiger partial charge in [0.1, 0.15) is 12.1 Å². The minimum Gasteiger partial charge on any atom is -0.391 e. The maximum atomic E-state index is 13.9. The lowest BCUT2D eigenvalue weighted by Gasteiger charge is -2.20. The molecule has 2 N–H and O–H groups in total. The maximum Gasteiger partial charge on any atom is 0.127 e. The van der Waals surface area contributed by atoms with Crippen molar-refractivity contribution in [1.29, 1.82) is 0 Å². The highest BCUT2D eigenvalue weighted by molar-refractivity contribution is 5.52. The van der Waals surface area contributed by atoms with Gasteiger partial charge in [-0.2, -0.15) is 0 Å². The van der Waals surface area contributed by atoms with Gasteiger partial charge in [-0.25, -0.2) is 4.39 Å². The zero-order valence-electron chi connectivity index (χ0n) is 20.0. The Morgan fingerprint density at radius 3 is 2.55 bits per heavy atom. The molecule has 0 saturated carbocycles. The molecule has 0 aromatic rings. The molecule has 0 heterocycles. The third-order valence-electron chi connectivity index (χ3n) is 5.31. The Morgan fingerprint density at radius 1 is 1.29 bits per heavy atom. The minimum absolute atomic E-state index is 0.0657. The van der Waals surface area contributed by atoms with Crippen LogP contribution < -0.4 is 10.6 Å². The molecule has 0 amide bonds. The molecule has 2 rings (SSSR count). The Bertz CT molecular complexity index is 809. The molecule has 2 atom stereocenters. The number of allylic oxidation sites excluding steroid dienone is 12. The highest BCUT2D eigenvalue weighted by Gasteiger charge is 2.26. The lowest BCUT2D eigenvalue weighted by molar-refractivity contribution is -0.107. The van der Waals surface area contributed by atoms with E-state index in [-0.39, 0.29) is 17.7 Å². The molecule has 2 aliphatic rings. The predicted octanol–water partition coefficient (Wildman–Crippen LogP) is 6.47. The van der Waals surface area contributed by atoms with E-state index in [1.54, 1.807) is 12.2 Å². The molecule has 0 fully saturated rings. The van der Waals surface area contributed by atoms with Gasteiger partial charge >= 0.3 is 0 Å². The van der Waals surface area contributed by atoms with Crippen molar-refractivity contribution in [3.63, 3.8) is 0 Å². The first-order valence-corrected chi connectivity index (χ1v) is 11.1. The molecule has 31 heavy (non-hydrogen) atoms. The van der Waals surface area contributed by atoms with Crippen molar-refractivity contribution in [3.05, 3.63) is 83.1 Å². The van der Waals surface area contributed by atoms with Crippen molar-refractivity contribution < 1.29 is 9.18 Å². The van der Waals surface area contributed by atoms with Crippen molar-refractivity contribution in [2.75, 3.05) is 7.05 Å². The number of carbonyl (C=O) groups is 1. The van der Waals surface area contributed by atoms with Crippen LogP contribution in [0.4, 0.5) is 4.39 Å². The van der Waals surface area contributed by atoms with Gasteiger partial charge < -0.3 is 15.4 Å². The molecule has 0 spiro atoms. The van der Waals surface area contributed by atoms with Crippen molar-refractivity contribution in [2.45, 2.75) is 59.9 Å². The molecule has 4 heteroatoms. The van der Waals surface area contributed by atoms with E-state index in [0.717, 1.165) is 30.3 Å². The van der Waals surface area contributed by atoms with E-state index in [1.165, 1.54) is 23.0 Å². The predicted molar refractivity (Wildman–Crippen MR) is 131 cm³/mol. The van der Waals surface area contributed by atoms with Crippen LogP contribution in [0.5, 0.6) is 0 Å². The number of halogens is 1. The van der Waals surface area contributed by atoms with Gasteiger partial charge in [-0.3, -0.25) is 0 Å². The lowest BCUT2D eigenvalue weighted by atomic mass is 9.93. The maximum absolute atomic E-state index is 13.9. The van der Waals surface area contributed by atoms with Crippen LogP contribution in [0.25, 0.3) is 0 Å². The first-order chi connectivity index (χ1) is 14.7. The zero-order chi connectivity index (χ0) is 23.4. The van der Waals surface area contributed by atoms with Crippen LogP contribution in [0.2, 0.25) is 0 Å². The summed E-state index contributed by atoms with van der Waals surface area (Å²) < 4.78 is 13.9. The van der Waals surface area contributed by atoms with E-state index in [4.69, 9.17) is 0 Å². The van der Waals surface area contributed by atoms with Gasteiger partial charge in [0.05, 0.1) is 0 Å². The van der Waals surface area contributed by atoms with E-state index < -0.39 is 0 Å². The molecule has 0 saturated heterocycles. The summed E-state index contributed by atoms with van der Waals surface area (Å²) in [5.41, 5.74) is 5.51. The van der Waals surface area contributed by atoms with Crippen LogP contribution in [-0.2, 0) is 4.79 Å². The first-order valence-electron chi connectivity index (χ1n) is 11.1. The molecule has 0 aliphatic heterocycles. The summed E-state index contributed by atoms with van der Waals surface area (Å²) in [7, 11) is 1.92. The zero-order valence-corrected chi connectivity index (χ0v) is 20.0. The van der Waals surface area contributed by atoms with Crippen molar-refractivity contribution in [3.8, 4) is 0 Å². The number of hydrogen-bond acceptors (Lipinski definition) is 3. The smallest absolute Gasteiger partial charge is 0.127 e. The van der Waals surface area contributed by atoms with Gasteiger partial charge in [-0.1, -0.05) is 49.5 Å². The Balaban J connectivity index is 0.000000452.